The molecule has 2 heterocycles. The van der Waals surface area contributed by atoms with Gasteiger partial charge in [0.15, 0.2) is 0 Å². The van der Waals surface area contributed by atoms with E-state index in [4.69, 9.17) is 0 Å². The van der Waals surface area contributed by atoms with Crippen LogP contribution in [-0.4, -0.2) is 76.4 Å². The first kappa shape index (κ1) is 37.2. The van der Waals surface area contributed by atoms with E-state index in [1.807, 2.05) is 51.2 Å². The average Bonchev–Trinajstić information content (AvgIpc) is 3.51. The molecule has 1 aromatic heterocycles. The summed E-state index contributed by atoms with van der Waals surface area (Å²) >= 11 is 1.40. The third-order valence-electron chi connectivity index (χ3n) is 9.17. The lowest BCUT2D eigenvalue weighted by Gasteiger charge is -2.34. The van der Waals surface area contributed by atoms with Gasteiger partial charge in [0, 0.05) is 23.9 Å². The number of hydrogen-bond donors (Lipinski definition) is 4. The molecule has 1 saturated heterocycles. The molecule has 11 heteroatoms. The van der Waals surface area contributed by atoms with E-state index in [2.05, 4.69) is 39.7 Å². The maximum Gasteiger partial charge on any atom is 0.306 e. The van der Waals surface area contributed by atoms with Crippen LogP contribution in [0.25, 0.3) is 0 Å². The molecule has 0 unspecified atom stereocenters. The predicted molar refractivity (Wildman–Crippen MR) is 182 cm³/mol. The molecule has 4 N–H and O–H groups in total. The van der Waals surface area contributed by atoms with E-state index >= 15 is 0 Å². The number of likely N-dealkylation sites (N-methyl/N-ethyl adjacent to an activating group) is 1. The third-order valence-corrected chi connectivity index (χ3v) is 10.1. The van der Waals surface area contributed by atoms with Crippen LogP contribution >= 0.6 is 11.3 Å². The number of benzene rings is 1. The first-order valence-electron chi connectivity index (χ1n) is 16.7. The smallest absolute Gasteiger partial charge is 0.306 e. The van der Waals surface area contributed by atoms with Gasteiger partial charge in [-0.2, -0.15) is 0 Å². The van der Waals surface area contributed by atoms with Crippen LogP contribution in [0.5, 0.6) is 0 Å². The summed E-state index contributed by atoms with van der Waals surface area (Å²) in [5.41, 5.74) is 1.32. The minimum Gasteiger partial charge on any atom is -0.481 e. The quantitative estimate of drug-likeness (QED) is 0.194. The molecule has 1 aliphatic heterocycles. The number of piperidine rings is 1. The van der Waals surface area contributed by atoms with Gasteiger partial charge in [-0.25, -0.2) is 4.98 Å². The normalized spacial score (nSPS) is 18.6. The average molecular weight is 656 g/mol. The Morgan fingerprint density at radius 1 is 1.04 bits per heavy atom. The molecular weight excluding hydrogens is 602 g/mol. The molecule has 254 valence electrons. The highest BCUT2D eigenvalue weighted by atomic mass is 32.1. The Balaban J connectivity index is 1.61. The highest BCUT2D eigenvalue weighted by molar-refractivity contribution is 7.09. The molecule has 6 atom stereocenters. The Morgan fingerprint density at radius 3 is 2.39 bits per heavy atom. The van der Waals surface area contributed by atoms with Gasteiger partial charge in [-0.1, -0.05) is 77.8 Å². The number of likely N-dealkylation sites (tertiary alicyclic amines) is 1. The van der Waals surface area contributed by atoms with Crippen molar-refractivity contribution in [2.45, 2.75) is 110 Å². The van der Waals surface area contributed by atoms with Gasteiger partial charge >= 0.3 is 5.97 Å². The van der Waals surface area contributed by atoms with Crippen LogP contribution in [0.15, 0.2) is 35.7 Å². The summed E-state index contributed by atoms with van der Waals surface area (Å²) in [4.78, 5) is 58.1. The molecular formula is C35H53N5O5S. The number of hydrogen-bond acceptors (Lipinski definition) is 7. The zero-order valence-electron chi connectivity index (χ0n) is 28.3. The van der Waals surface area contributed by atoms with Crippen molar-refractivity contribution in [3.8, 4) is 0 Å². The van der Waals surface area contributed by atoms with Crippen LogP contribution in [0.1, 0.15) is 94.2 Å². The van der Waals surface area contributed by atoms with E-state index in [0.29, 0.717) is 31.4 Å². The zero-order chi connectivity index (χ0) is 33.8. The molecule has 3 amide bonds. The minimum absolute atomic E-state index is 0.0186. The Morgan fingerprint density at radius 2 is 1.76 bits per heavy atom. The summed E-state index contributed by atoms with van der Waals surface area (Å²) in [5, 5.41) is 21.3. The maximum absolute atomic E-state index is 13.6. The first-order valence-corrected chi connectivity index (χ1v) is 17.6. The maximum atomic E-state index is 13.6. The largest absolute Gasteiger partial charge is 0.481 e. The fourth-order valence-electron chi connectivity index (χ4n) is 5.89. The van der Waals surface area contributed by atoms with Gasteiger partial charge in [-0.3, -0.25) is 24.1 Å². The lowest BCUT2D eigenvalue weighted by Crippen LogP contribution is -2.57. The number of aliphatic carboxylic acids is 1. The van der Waals surface area contributed by atoms with Crippen LogP contribution in [0, 0.1) is 17.8 Å². The Bertz CT molecular complexity index is 1290. The van der Waals surface area contributed by atoms with Crippen molar-refractivity contribution >= 4 is 35.0 Å². The van der Waals surface area contributed by atoms with Gasteiger partial charge in [0.25, 0.3) is 5.91 Å². The number of thiazole rings is 1. The summed E-state index contributed by atoms with van der Waals surface area (Å²) in [6.07, 6.45) is 5.69. The number of amides is 3. The molecule has 10 nitrogen and oxygen atoms in total. The number of aromatic nitrogens is 1. The van der Waals surface area contributed by atoms with Crippen molar-refractivity contribution in [3.05, 3.63) is 52.0 Å². The molecule has 2 aromatic rings. The third kappa shape index (κ3) is 11.2. The zero-order valence-corrected chi connectivity index (χ0v) is 29.1. The molecule has 46 heavy (non-hydrogen) atoms. The van der Waals surface area contributed by atoms with E-state index < -0.39 is 17.9 Å². The van der Waals surface area contributed by atoms with Crippen molar-refractivity contribution in [2.24, 2.45) is 17.8 Å². The summed E-state index contributed by atoms with van der Waals surface area (Å²) in [7, 11) is 1.97. The molecule has 1 aliphatic rings. The number of carboxylic acids is 1. The molecule has 0 saturated carbocycles. The second-order valence-electron chi connectivity index (χ2n) is 13.2. The van der Waals surface area contributed by atoms with Crippen LogP contribution in [0.4, 0.5) is 0 Å². The highest BCUT2D eigenvalue weighted by Crippen LogP contribution is 2.20. The Labute approximate surface area is 278 Å². The minimum atomic E-state index is -0.898. The summed E-state index contributed by atoms with van der Waals surface area (Å²) in [5.74, 6) is -1.95. The number of carboxylic acid groups (broad SMARTS) is 1. The summed E-state index contributed by atoms with van der Waals surface area (Å²) in [6, 6.07) is 8.37. The van der Waals surface area contributed by atoms with Crippen LogP contribution in [0.3, 0.4) is 0 Å². The Hall–Kier alpha value is -3.31. The fraction of sp³-hybridized carbons (Fsp3) is 0.629. The van der Waals surface area contributed by atoms with E-state index in [-0.39, 0.29) is 47.7 Å². The van der Waals surface area contributed by atoms with E-state index in [1.165, 1.54) is 11.3 Å². The van der Waals surface area contributed by atoms with Crippen molar-refractivity contribution in [3.63, 3.8) is 0 Å². The monoisotopic (exact) mass is 655 g/mol. The standard InChI is InChI=1S/C35H53N5O5S/c1-7-23(4)31(39-33(42)29-15-11-12-18-40(29)6)34(43)38-27(22(2)3)16-17-30-37-28(21-46-30)32(41)36-26(19-24(5)35(44)45)20-25-13-9-8-10-14-25/h8-10,13-14,21-24,26-27,29,31H,7,11-12,15-20H2,1-6H3,(H,36,41)(H,38,43)(H,39,42)(H,44,45)/t23-,24-,26+,27+,29-,31-/m0/s1. The van der Waals surface area contributed by atoms with Gasteiger partial charge in [0.05, 0.1) is 17.0 Å². The number of aryl methyl sites for hydroxylation is 1. The van der Waals surface area contributed by atoms with Gasteiger partial charge in [-0.05, 0) is 63.1 Å². The Kier molecular flexibility index (Phi) is 14.6. The molecule has 0 spiro atoms. The molecule has 1 fully saturated rings. The van der Waals surface area contributed by atoms with Crippen molar-refractivity contribution in [1.29, 1.82) is 0 Å². The fourth-order valence-corrected chi connectivity index (χ4v) is 6.68. The van der Waals surface area contributed by atoms with Crippen LogP contribution in [-0.2, 0) is 27.2 Å². The number of carbonyl (C=O) groups excluding carboxylic acids is 3. The van der Waals surface area contributed by atoms with Crippen molar-refractivity contribution < 1.29 is 24.3 Å². The number of carbonyl (C=O) groups is 4. The number of rotatable bonds is 17. The topological polar surface area (TPSA) is 141 Å². The lowest BCUT2D eigenvalue weighted by molar-refractivity contribution is -0.141. The second kappa shape index (κ2) is 18.1. The summed E-state index contributed by atoms with van der Waals surface area (Å²) < 4.78 is 0. The molecule has 0 bridgehead atoms. The van der Waals surface area contributed by atoms with Crippen molar-refractivity contribution in [2.75, 3.05) is 13.6 Å². The van der Waals surface area contributed by atoms with E-state index in [9.17, 15) is 24.3 Å². The summed E-state index contributed by atoms with van der Waals surface area (Å²) in [6.45, 7) is 10.7. The van der Waals surface area contributed by atoms with Gasteiger partial charge < -0.3 is 21.1 Å². The second-order valence-corrected chi connectivity index (χ2v) is 14.2. The van der Waals surface area contributed by atoms with Gasteiger partial charge in [0.1, 0.15) is 11.7 Å². The van der Waals surface area contributed by atoms with Crippen molar-refractivity contribution in [1.82, 2.24) is 25.8 Å². The number of nitrogens with zero attached hydrogens (tertiary/aromatic N) is 2. The predicted octanol–water partition coefficient (Wildman–Crippen LogP) is 4.68. The highest BCUT2D eigenvalue weighted by Gasteiger charge is 2.33. The number of nitrogens with one attached hydrogen (secondary N) is 3. The molecule has 0 aliphatic carbocycles. The van der Waals surface area contributed by atoms with Gasteiger partial charge in [0.2, 0.25) is 11.8 Å². The first-order chi connectivity index (χ1) is 21.9. The molecule has 3 rings (SSSR count). The van der Waals surface area contributed by atoms with E-state index in [1.54, 1.807) is 12.3 Å². The molecule has 1 aromatic carbocycles. The van der Waals surface area contributed by atoms with E-state index in [0.717, 1.165) is 42.8 Å². The SMILES string of the molecule is CC[C@H](C)[C@H](NC(=O)[C@@H]1CCCCN1C)C(=O)N[C@H](CCc1nc(C(=O)N[C@@H](Cc2ccccc2)C[C@H](C)C(=O)O)cs1)C(C)C. The van der Waals surface area contributed by atoms with Crippen LogP contribution in [0.2, 0.25) is 0 Å². The molecule has 0 radical (unpaired) electrons. The van der Waals surface area contributed by atoms with Gasteiger partial charge in [-0.15, -0.1) is 11.3 Å². The van der Waals surface area contributed by atoms with Crippen LogP contribution < -0.4 is 16.0 Å². The lowest BCUT2D eigenvalue weighted by atomic mass is 9.94.